The van der Waals surface area contributed by atoms with Crippen molar-refractivity contribution in [3.63, 3.8) is 0 Å². The highest BCUT2D eigenvalue weighted by molar-refractivity contribution is 5.95. The zero-order chi connectivity index (χ0) is 19.2. The maximum Gasteiger partial charge on any atom is 0.305 e. The number of nitrogens with two attached hydrogens (primary N) is 1. The molecule has 1 atom stereocenters. The van der Waals surface area contributed by atoms with Gasteiger partial charge in [-0.1, -0.05) is 48.5 Å². The normalized spacial score (nSPS) is 17.0. The van der Waals surface area contributed by atoms with Crippen molar-refractivity contribution < 1.29 is 9.53 Å². The van der Waals surface area contributed by atoms with Crippen molar-refractivity contribution in [1.29, 1.82) is 5.41 Å². The Morgan fingerprint density at radius 3 is 2.37 bits per heavy atom. The van der Waals surface area contributed by atoms with Crippen LogP contribution in [0.5, 0.6) is 0 Å². The van der Waals surface area contributed by atoms with Crippen LogP contribution in [0, 0.1) is 11.3 Å². The van der Waals surface area contributed by atoms with Crippen molar-refractivity contribution in [2.75, 3.05) is 26.7 Å². The quantitative estimate of drug-likeness (QED) is 0.449. The number of carbonyl (C=O) groups excluding carboxylic acids is 1. The number of nitrogens with zero attached hydrogens (tertiary/aromatic N) is 1. The zero-order valence-corrected chi connectivity index (χ0v) is 15.8. The molecule has 0 amide bonds. The number of likely N-dealkylation sites (tertiary alicyclic amines) is 1. The summed E-state index contributed by atoms with van der Waals surface area (Å²) in [5.41, 5.74) is 9.84. The van der Waals surface area contributed by atoms with Crippen LogP contribution < -0.4 is 5.73 Å². The minimum atomic E-state index is -0.103. The van der Waals surface area contributed by atoms with E-state index in [2.05, 4.69) is 29.2 Å². The van der Waals surface area contributed by atoms with Gasteiger partial charge in [0.25, 0.3) is 0 Å². The van der Waals surface area contributed by atoms with Gasteiger partial charge in [0, 0.05) is 25.1 Å². The summed E-state index contributed by atoms with van der Waals surface area (Å²) in [4.78, 5) is 13.8. The van der Waals surface area contributed by atoms with Gasteiger partial charge in [0.05, 0.1) is 7.11 Å². The molecule has 0 bridgehead atoms. The van der Waals surface area contributed by atoms with Gasteiger partial charge in [-0.15, -0.1) is 0 Å². The SMILES string of the molecule is COC(=O)CC1CCN(CCc2ccc(-c3ccc(C(=N)N)cc3)cc2)C1. The topological polar surface area (TPSA) is 79.4 Å². The van der Waals surface area contributed by atoms with Crippen LogP contribution >= 0.6 is 0 Å². The molecule has 0 radical (unpaired) electrons. The summed E-state index contributed by atoms with van der Waals surface area (Å²) in [5.74, 6) is 0.416. The summed E-state index contributed by atoms with van der Waals surface area (Å²) in [6.07, 6.45) is 2.61. The molecular weight excluding hydrogens is 338 g/mol. The fourth-order valence-corrected chi connectivity index (χ4v) is 3.59. The highest BCUT2D eigenvalue weighted by atomic mass is 16.5. The van der Waals surface area contributed by atoms with Crippen LogP contribution in [0.1, 0.15) is 24.0 Å². The number of carbonyl (C=O) groups is 1. The van der Waals surface area contributed by atoms with Crippen molar-refractivity contribution in [3.8, 4) is 11.1 Å². The second kappa shape index (κ2) is 8.82. The smallest absolute Gasteiger partial charge is 0.305 e. The number of rotatable bonds is 7. The Morgan fingerprint density at radius 1 is 1.15 bits per heavy atom. The monoisotopic (exact) mass is 365 g/mol. The van der Waals surface area contributed by atoms with Gasteiger partial charge in [-0.05, 0) is 42.0 Å². The predicted molar refractivity (Wildman–Crippen MR) is 108 cm³/mol. The van der Waals surface area contributed by atoms with Crippen LogP contribution in [0.25, 0.3) is 11.1 Å². The van der Waals surface area contributed by atoms with Gasteiger partial charge >= 0.3 is 5.97 Å². The molecule has 0 saturated carbocycles. The largest absolute Gasteiger partial charge is 0.469 e. The van der Waals surface area contributed by atoms with Crippen molar-refractivity contribution in [2.24, 2.45) is 11.7 Å². The Labute approximate surface area is 160 Å². The Hall–Kier alpha value is -2.66. The lowest BCUT2D eigenvalue weighted by Gasteiger charge is -2.16. The van der Waals surface area contributed by atoms with Gasteiger partial charge in [-0.3, -0.25) is 10.2 Å². The number of esters is 1. The third-order valence-corrected chi connectivity index (χ3v) is 5.25. The first-order chi connectivity index (χ1) is 13.0. The molecule has 1 heterocycles. The number of hydrogen-bond donors (Lipinski definition) is 2. The van der Waals surface area contributed by atoms with E-state index in [-0.39, 0.29) is 11.8 Å². The third-order valence-electron chi connectivity index (χ3n) is 5.25. The van der Waals surface area contributed by atoms with E-state index in [9.17, 15) is 4.79 Å². The lowest BCUT2D eigenvalue weighted by atomic mass is 10.0. The molecule has 27 heavy (non-hydrogen) atoms. The fraction of sp³-hybridized carbons (Fsp3) is 0.364. The summed E-state index contributed by atoms with van der Waals surface area (Å²) in [5, 5.41) is 7.46. The van der Waals surface area contributed by atoms with Crippen molar-refractivity contribution in [2.45, 2.75) is 19.3 Å². The van der Waals surface area contributed by atoms with E-state index >= 15 is 0 Å². The Kier molecular flexibility index (Phi) is 6.24. The third kappa shape index (κ3) is 5.17. The number of methoxy groups -OCH3 is 1. The molecule has 1 saturated heterocycles. The predicted octanol–water partition coefficient (Wildman–Crippen LogP) is 3.07. The molecule has 2 aromatic carbocycles. The van der Waals surface area contributed by atoms with Crippen LogP contribution in [0.4, 0.5) is 0 Å². The molecule has 5 nitrogen and oxygen atoms in total. The molecule has 1 aliphatic heterocycles. The van der Waals surface area contributed by atoms with E-state index in [4.69, 9.17) is 15.9 Å². The van der Waals surface area contributed by atoms with Gasteiger partial charge in [-0.2, -0.15) is 0 Å². The Morgan fingerprint density at radius 2 is 1.78 bits per heavy atom. The van der Waals surface area contributed by atoms with Crippen molar-refractivity contribution in [1.82, 2.24) is 4.90 Å². The first-order valence-electron chi connectivity index (χ1n) is 9.38. The lowest BCUT2D eigenvalue weighted by Crippen LogP contribution is -2.24. The van der Waals surface area contributed by atoms with Gasteiger partial charge in [0.15, 0.2) is 0 Å². The van der Waals surface area contributed by atoms with Crippen LogP contribution in [0.2, 0.25) is 0 Å². The van der Waals surface area contributed by atoms with E-state index in [0.717, 1.165) is 49.2 Å². The van der Waals surface area contributed by atoms with Crippen LogP contribution in [0.3, 0.4) is 0 Å². The Bertz CT molecular complexity index is 784. The number of benzene rings is 2. The second-order valence-corrected chi connectivity index (χ2v) is 7.17. The minimum Gasteiger partial charge on any atom is -0.469 e. The molecule has 5 heteroatoms. The number of nitrogen functional groups attached to an aromatic ring is 1. The summed E-state index contributed by atoms with van der Waals surface area (Å²) in [6.45, 7) is 3.06. The van der Waals surface area contributed by atoms with Crippen molar-refractivity contribution in [3.05, 3.63) is 59.7 Å². The molecular formula is C22H27N3O2. The molecule has 0 spiro atoms. The number of amidine groups is 1. The van der Waals surface area contributed by atoms with Crippen LogP contribution in [-0.4, -0.2) is 43.4 Å². The molecule has 0 aliphatic carbocycles. The molecule has 3 rings (SSSR count). The van der Waals surface area contributed by atoms with E-state index in [1.165, 1.54) is 12.7 Å². The summed E-state index contributed by atoms with van der Waals surface area (Å²) >= 11 is 0. The van der Waals surface area contributed by atoms with E-state index < -0.39 is 0 Å². The molecule has 1 aliphatic rings. The highest BCUT2D eigenvalue weighted by Crippen LogP contribution is 2.22. The van der Waals surface area contributed by atoms with E-state index in [1.807, 2.05) is 24.3 Å². The number of ether oxygens (including phenoxy) is 1. The highest BCUT2D eigenvalue weighted by Gasteiger charge is 2.24. The summed E-state index contributed by atoms with van der Waals surface area (Å²) in [7, 11) is 1.45. The molecule has 142 valence electrons. The fourth-order valence-electron chi connectivity index (χ4n) is 3.59. The lowest BCUT2D eigenvalue weighted by molar-refractivity contribution is -0.141. The van der Waals surface area contributed by atoms with Gasteiger partial charge in [0.1, 0.15) is 5.84 Å². The van der Waals surface area contributed by atoms with Gasteiger partial charge < -0.3 is 15.4 Å². The molecule has 0 aromatic heterocycles. The molecule has 3 N–H and O–H groups in total. The average molecular weight is 365 g/mol. The van der Waals surface area contributed by atoms with Crippen LogP contribution in [-0.2, 0) is 16.0 Å². The zero-order valence-electron chi connectivity index (χ0n) is 15.8. The first kappa shape index (κ1) is 19.1. The van der Waals surface area contributed by atoms with E-state index in [0.29, 0.717) is 12.3 Å². The number of nitrogens with one attached hydrogen (secondary N) is 1. The molecule has 1 fully saturated rings. The average Bonchev–Trinajstić information content (AvgIpc) is 3.14. The van der Waals surface area contributed by atoms with Crippen molar-refractivity contribution >= 4 is 11.8 Å². The maximum atomic E-state index is 11.4. The van der Waals surface area contributed by atoms with Gasteiger partial charge in [0.2, 0.25) is 0 Å². The second-order valence-electron chi connectivity index (χ2n) is 7.17. The van der Waals surface area contributed by atoms with Crippen LogP contribution in [0.15, 0.2) is 48.5 Å². The van der Waals surface area contributed by atoms with E-state index in [1.54, 1.807) is 0 Å². The number of hydrogen-bond acceptors (Lipinski definition) is 4. The first-order valence-corrected chi connectivity index (χ1v) is 9.38. The summed E-state index contributed by atoms with van der Waals surface area (Å²) < 4.78 is 4.77. The standard InChI is InChI=1S/C22H27N3O2/c1-27-21(26)14-17-11-13-25(15-17)12-10-16-2-4-18(5-3-16)19-6-8-20(9-7-19)22(23)24/h2-9,17H,10-15H2,1H3,(H3,23,24). The maximum absolute atomic E-state index is 11.4. The Balaban J connectivity index is 1.51. The summed E-state index contributed by atoms with van der Waals surface area (Å²) in [6, 6.07) is 16.4. The van der Waals surface area contributed by atoms with Gasteiger partial charge in [-0.25, -0.2) is 0 Å². The minimum absolute atomic E-state index is 0.0904. The molecule has 1 unspecified atom stereocenters. The molecule has 2 aromatic rings.